The van der Waals surface area contributed by atoms with Crippen molar-refractivity contribution < 1.29 is 4.79 Å². The summed E-state index contributed by atoms with van der Waals surface area (Å²) in [7, 11) is 2.08. The average Bonchev–Trinajstić information content (AvgIpc) is 3.14. The minimum Gasteiger partial charge on any atom is -0.372 e. The molecule has 3 aromatic heterocycles. The van der Waals surface area contributed by atoms with Crippen molar-refractivity contribution in [2.75, 3.05) is 49.5 Å². The van der Waals surface area contributed by atoms with E-state index in [0.717, 1.165) is 49.2 Å². The molecule has 0 spiro atoms. The Kier molecular flexibility index (Phi) is 7.41. The molecule has 176 valence electrons. The van der Waals surface area contributed by atoms with Crippen LogP contribution in [0, 0.1) is 6.92 Å². The van der Waals surface area contributed by atoms with Gasteiger partial charge in [0, 0.05) is 75.7 Å². The summed E-state index contributed by atoms with van der Waals surface area (Å²) < 4.78 is 2.18. The number of carbonyl (C=O) groups is 1. The molecule has 1 amide bonds. The Balaban J connectivity index is 0.000000821. The van der Waals surface area contributed by atoms with E-state index in [1.807, 2.05) is 12.4 Å². The molecule has 2 aliphatic rings. The van der Waals surface area contributed by atoms with Crippen molar-refractivity contribution in [2.45, 2.75) is 25.8 Å². The first-order chi connectivity index (χ1) is 16.1. The second-order valence-corrected chi connectivity index (χ2v) is 8.64. The van der Waals surface area contributed by atoms with Crippen molar-refractivity contribution in [2.24, 2.45) is 12.8 Å². The van der Waals surface area contributed by atoms with E-state index in [0.29, 0.717) is 0 Å². The van der Waals surface area contributed by atoms with Crippen LogP contribution in [0.25, 0.3) is 10.9 Å². The lowest BCUT2D eigenvalue weighted by Gasteiger charge is -2.41. The van der Waals surface area contributed by atoms with Gasteiger partial charge in [0.2, 0.25) is 6.41 Å². The summed E-state index contributed by atoms with van der Waals surface area (Å²) in [5.41, 5.74) is 7.78. The van der Waals surface area contributed by atoms with Crippen LogP contribution in [-0.2, 0) is 11.8 Å². The molecule has 4 N–H and O–H groups in total. The lowest BCUT2D eigenvalue weighted by atomic mass is 10.0. The van der Waals surface area contributed by atoms with Gasteiger partial charge in [-0.05, 0) is 38.0 Å². The summed E-state index contributed by atoms with van der Waals surface area (Å²) in [6.45, 7) is 8.96. The summed E-state index contributed by atoms with van der Waals surface area (Å²) in [6.07, 6.45) is 6.63. The molecule has 0 atom stereocenters. The number of fused-ring (bicyclic) bond motifs is 1. The van der Waals surface area contributed by atoms with Gasteiger partial charge >= 0.3 is 0 Å². The lowest BCUT2D eigenvalue weighted by molar-refractivity contribution is -0.106. The third-order valence-electron chi connectivity index (χ3n) is 6.67. The summed E-state index contributed by atoms with van der Waals surface area (Å²) in [6, 6.07) is 9.20. The number of amides is 1. The van der Waals surface area contributed by atoms with E-state index in [2.05, 4.69) is 78.9 Å². The number of piperidine rings is 1. The van der Waals surface area contributed by atoms with E-state index >= 15 is 0 Å². The number of hydrogen-bond donors (Lipinski definition) is 3. The first-order valence-corrected chi connectivity index (χ1v) is 11.6. The van der Waals surface area contributed by atoms with Crippen LogP contribution in [-0.4, -0.2) is 71.2 Å². The van der Waals surface area contributed by atoms with Gasteiger partial charge in [-0.2, -0.15) is 0 Å². The molecule has 0 bridgehead atoms. The summed E-state index contributed by atoms with van der Waals surface area (Å²) in [5, 5.41) is 7.96. The number of aromatic nitrogens is 3. The number of aryl methyl sites for hydroxylation is 2. The van der Waals surface area contributed by atoms with Crippen LogP contribution in [0.5, 0.6) is 0 Å². The predicted octanol–water partition coefficient (Wildman–Crippen LogP) is 2.00. The van der Waals surface area contributed by atoms with E-state index in [4.69, 9.17) is 4.79 Å². The Morgan fingerprint density at radius 2 is 1.76 bits per heavy atom. The van der Waals surface area contributed by atoms with Crippen molar-refractivity contribution in [3.05, 3.63) is 42.4 Å². The van der Waals surface area contributed by atoms with Gasteiger partial charge in [0.25, 0.3) is 0 Å². The van der Waals surface area contributed by atoms with E-state index in [1.165, 1.54) is 42.8 Å². The number of nitrogens with one attached hydrogen (secondary N) is 2. The molecule has 0 saturated carbocycles. The van der Waals surface area contributed by atoms with Gasteiger partial charge in [0.1, 0.15) is 11.6 Å². The second kappa shape index (κ2) is 10.6. The highest BCUT2D eigenvalue weighted by molar-refractivity contribution is 5.83. The number of rotatable bonds is 4. The van der Waals surface area contributed by atoms with E-state index in [-0.39, 0.29) is 6.41 Å². The molecule has 2 fully saturated rings. The minimum absolute atomic E-state index is 0.250. The molecule has 0 aliphatic carbocycles. The van der Waals surface area contributed by atoms with E-state index < -0.39 is 0 Å². The molecule has 5 rings (SSSR count). The standard InChI is InChI=1S/C23H31N7.CH3NO/c1-17-13-18-15-25-23(14-21(18)28(17)2)27-22-4-3-20(16-26-22)29-9-5-19(6-10-29)30-11-7-24-8-12-30;2-1-3/h3-4,13-16,19,24H,5-12H2,1-2H3,(H,25,26,27);1H,(H2,2,3). The maximum Gasteiger partial charge on any atom is 0.204 e. The molecule has 33 heavy (non-hydrogen) atoms. The number of primary amides is 1. The molecule has 9 nitrogen and oxygen atoms in total. The molecule has 5 heterocycles. The molecule has 0 radical (unpaired) electrons. The predicted molar refractivity (Wildman–Crippen MR) is 133 cm³/mol. The van der Waals surface area contributed by atoms with Gasteiger partial charge in [-0.15, -0.1) is 0 Å². The SMILES string of the molecule is Cc1cc2cnc(Nc3ccc(N4CCC(N5CCNCC5)CC4)cn3)cc2n1C.NC=O. The van der Waals surface area contributed by atoms with Crippen LogP contribution in [0.15, 0.2) is 36.7 Å². The maximum atomic E-state index is 8.58. The Morgan fingerprint density at radius 3 is 2.42 bits per heavy atom. The molecule has 2 aliphatic heterocycles. The van der Waals surface area contributed by atoms with Gasteiger partial charge < -0.3 is 25.8 Å². The fourth-order valence-corrected chi connectivity index (χ4v) is 4.75. The molecule has 9 heteroatoms. The van der Waals surface area contributed by atoms with E-state index in [9.17, 15) is 0 Å². The van der Waals surface area contributed by atoms with Gasteiger partial charge in [0.15, 0.2) is 0 Å². The van der Waals surface area contributed by atoms with Crippen LogP contribution in [0.3, 0.4) is 0 Å². The number of nitrogens with two attached hydrogens (primary N) is 1. The number of nitrogens with zero attached hydrogens (tertiary/aromatic N) is 5. The number of carbonyl (C=O) groups excluding carboxylic acids is 1. The molecule has 3 aromatic rings. The highest BCUT2D eigenvalue weighted by atomic mass is 16.1. The monoisotopic (exact) mass is 450 g/mol. The molecule has 0 aromatic carbocycles. The van der Waals surface area contributed by atoms with Gasteiger partial charge in [-0.1, -0.05) is 0 Å². The van der Waals surface area contributed by atoms with Crippen molar-refractivity contribution in [3.63, 3.8) is 0 Å². The number of piperazine rings is 1. The zero-order valence-corrected chi connectivity index (χ0v) is 19.5. The Bertz CT molecular complexity index is 1050. The highest BCUT2D eigenvalue weighted by Crippen LogP contribution is 2.25. The molecular formula is C24H34N8O. The highest BCUT2D eigenvalue weighted by Gasteiger charge is 2.25. The van der Waals surface area contributed by atoms with E-state index in [1.54, 1.807) is 0 Å². The molecular weight excluding hydrogens is 416 g/mol. The van der Waals surface area contributed by atoms with Crippen LogP contribution < -0.4 is 21.3 Å². The van der Waals surface area contributed by atoms with Crippen molar-refractivity contribution in [3.8, 4) is 0 Å². The van der Waals surface area contributed by atoms with Crippen LogP contribution in [0.1, 0.15) is 18.5 Å². The Hall–Kier alpha value is -3.17. The van der Waals surface area contributed by atoms with Crippen LogP contribution in [0.4, 0.5) is 17.3 Å². The van der Waals surface area contributed by atoms with Crippen molar-refractivity contribution >= 4 is 34.6 Å². The number of pyridine rings is 2. The molecule has 2 saturated heterocycles. The normalized spacial score (nSPS) is 17.5. The van der Waals surface area contributed by atoms with Gasteiger partial charge in [0.05, 0.1) is 17.4 Å². The first kappa shape index (κ1) is 23.0. The third-order valence-corrected chi connectivity index (χ3v) is 6.67. The summed E-state index contributed by atoms with van der Waals surface area (Å²) in [5.74, 6) is 1.65. The lowest BCUT2D eigenvalue weighted by Crippen LogP contribution is -2.52. The minimum atomic E-state index is 0.250. The quantitative estimate of drug-likeness (QED) is 0.522. The first-order valence-electron chi connectivity index (χ1n) is 11.6. The third kappa shape index (κ3) is 5.43. The fourth-order valence-electron chi connectivity index (χ4n) is 4.75. The largest absolute Gasteiger partial charge is 0.372 e. The number of anilines is 3. The second-order valence-electron chi connectivity index (χ2n) is 8.64. The number of hydrogen-bond acceptors (Lipinski definition) is 7. The topological polar surface area (TPSA) is 104 Å². The summed E-state index contributed by atoms with van der Waals surface area (Å²) >= 11 is 0. The van der Waals surface area contributed by atoms with Crippen molar-refractivity contribution in [1.29, 1.82) is 0 Å². The van der Waals surface area contributed by atoms with Gasteiger partial charge in [-0.25, -0.2) is 9.97 Å². The van der Waals surface area contributed by atoms with Crippen molar-refractivity contribution in [1.82, 2.24) is 24.8 Å². The van der Waals surface area contributed by atoms with Crippen LogP contribution in [0.2, 0.25) is 0 Å². The van der Waals surface area contributed by atoms with Crippen LogP contribution >= 0.6 is 0 Å². The zero-order chi connectivity index (χ0) is 23.2. The van der Waals surface area contributed by atoms with Gasteiger partial charge in [-0.3, -0.25) is 9.69 Å². The summed E-state index contributed by atoms with van der Waals surface area (Å²) in [4.78, 5) is 22.9. The maximum absolute atomic E-state index is 8.58. The smallest absolute Gasteiger partial charge is 0.204 e. The zero-order valence-electron chi connectivity index (χ0n) is 19.5. The molecule has 0 unspecified atom stereocenters. The fraction of sp³-hybridized carbons (Fsp3) is 0.458. The average molecular weight is 451 g/mol. The Morgan fingerprint density at radius 1 is 1.06 bits per heavy atom. The Labute approximate surface area is 195 Å².